The third-order valence-corrected chi connectivity index (χ3v) is 6.43. The van der Waals surface area contributed by atoms with Crippen LogP contribution in [0.4, 0.5) is 5.69 Å². The van der Waals surface area contributed by atoms with E-state index in [1.165, 1.54) is 4.90 Å². The zero-order valence-corrected chi connectivity index (χ0v) is 18.8. The fraction of sp³-hybridized carbons (Fsp3) is 0.375. The molecular formula is C24H25BrN2O4. The van der Waals surface area contributed by atoms with Crippen LogP contribution in [-0.4, -0.2) is 41.3 Å². The largest absolute Gasteiger partial charge is 0.484 e. The van der Waals surface area contributed by atoms with Crippen molar-refractivity contribution in [3.63, 3.8) is 0 Å². The Bertz CT molecular complexity index is 942. The molecule has 1 unspecified atom stereocenters. The van der Waals surface area contributed by atoms with Gasteiger partial charge in [0, 0.05) is 10.5 Å². The van der Waals surface area contributed by atoms with Crippen LogP contribution in [-0.2, 0) is 14.4 Å². The predicted molar refractivity (Wildman–Crippen MR) is 121 cm³/mol. The Morgan fingerprint density at radius 3 is 2.35 bits per heavy atom. The van der Waals surface area contributed by atoms with Crippen molar-refractivity contribution >= 4 is 39.3 Å². The van der Waals surface area contributed by atoms with Crippen LogP contribution in [0, 0.1) is 0 Å². The highest BCUT2D eigenvalue weighted by atomic mass is 79.9. The molecule has 0 aromatic heterocycles. The molecule has 1 saturated heterocycles. The molecule has 2 aromatic carbocycles. The average molecular weight is 485 g/mol. The third kappa shape index (κ3) is 4.82. The van der Waals surface area contributed by atoms with Crippen molar-refractivity contribution in [2.45, 2.75) is 50.6 Å². The minimum atomic E-state index is -0.786. The zero-order chi connectivity index (χ0) is 21.8. The Kier molecular flexibility index (Phi) is 6.70. The van der Waals surface area contributed by atoms with Crippen molar-refractivity contribution in [2.24, 2.45) is 0 Å². The average Bonchev–Trinajstić information content (AvgIpc) is 3.08. The molecule has 2 aromatic rings. The van der Waals surface area contributed by atoms with Crippen molar-refractivity contribution in [3.8, 4) is 5.75 Å². The van der Waals surface area contributed by atoms with Crippen LogP contribution in [0.5, 0.6) is 5.75 Å². The van der Waals surface area contributed by atoms with E-state index in [-0.39, 0.29) is 36.8 Å². The summed E-state index contributed by atoms with van der Waals surface area (Å²) in [4.78, 5) is 42.2. The molecule has 1 heterocycles. The first-order chi connectivity index (χ1) is 15.0. The van der Waals surface area contributed by atoms with E-state index in [1.54, 1.807) is 41.3 Å². The monoisotopic (exact) mass is 484 g/mol. The lowest BCUT2D eigenvalue weighted by Gasteiger charge is -2.37. The number of hydrogen-bond donors (Lipinski definition) is 0. The smallest absolute Gasteiger partial charge is 0.261 e. The second-order valence-corrected chi connectivity index (χ2v) is 8.87. The number of anilines is 1. The number of ether oxygens (including phenoxy) is 1. The highest BCUT2D eigenvalue weighted by molar-refractivity contribution is 9.10. The van der Waals surface area contributed by atoms with Gasteiger partial charge in [0.15, 0.2) is 6.61 Å². The van der Waals surface area contributed by atoms with E-state index < -0.39 is 6.04 Å². The summed E-state index contributed by atoms with van der Waals surface area (Å²) in [6, 6.07) is 15.3. The second-order valence-electron chi connectivity index (χ2n) is 7.96. The van der Waals surface area contributed by atoms with E-state index in [0.717, 1.165) is 36.6 Å². The molecule has 162 valence electrons. The van der Waals surface area contributed by atoms with Crippen LogP contribution in [0.3, 0.4) is 0 Å². The van der Waals surface area contributed by atoms with Crippen molar-refractivity contribution in [1.29, 1.82) is 0 Å². The molecule has 4 rings (SSSR count). The van der Waals surface area contributed by atoms with Gasteiger partial charge in [0.2, 0.25) is 5.91 Å². The number of carbonyl (C=O) groups excluding carboxylic acids is 3. The van der Waals surface area contributed by atoms with Gasteiger partial charge in [-0.3, -0.25) is 14.4 Å². The summed E-state index contributed by atoms with van der Waals surface area (Å²) in [6.45, 7) is -0.156. The number of halogens is 1. The molecular weight excluding hydrogens is 460 g/mol. The van der Waals surface area contributed by atoms with E-state index in [2.05, 4.69) is 15.9 Å². The van der Waals surface area contributed by atoms with E-state index in [0.29, 0.717) is 11.4 Å². The molecule has 0 N–H and O–H groups in total. The summed E-state index contributed by atoms with van der Waals surface area (Å²) in [7, 11) is 0. The first kappa shape index (κ1) is 21.6. The minimum absolute atomic E-state index is 0.00245. The van der Waals surface area contributed by atoms with Crippen molar-refractivity contribution < 1.29 is 19.1 Å². The number of imide groups is 1. The number of carbonyl (C=O) groups is 3. The third-order valence-electron chi connectivity index (χ3n) is 5.91. The second kappa shape index (κ2) is 9.64. The molecule has 1 saturated carbocycles. The topological polar surface area (TPSA) is 66.9 Å². The SMILES string of the molecule is O=C1CC(N(C(=O)COc2ccccc2)C2CCCCC2)C(=O)N1c1ccc(Br)cc1. The van der Waals surface area contributed by atoms with Crippen molar-refractivity contribution in [2.75, 3.05) is 11.5 Å². The van der Waals surface area contributed by atoms with Gasteiger partial charge >= 0.3 is 0 Å². The molecule has 2 fully saturated rings. The summed E-state index contributed by atoms with van der Waals surface area (Å²) in [5.74, 6) is -0.273. The molecule has 31 heavy (non-hydrogen) atoms. The van der Waals surface area contributed by atoms with E-state index in [1.807, 2.05) is 18.2 Å². The van der Waals surface area contributed by atoms with Gasteiger partial charge in [-0.15, -0.1) is 0 Å². The Balaban J connectivity index is 1.55. The first-order valence-corrected chi connectivity index (χ1v) is 11.5. The molecule has 3 amide bonds. The summed E-state index contributed by atoms with van der Waals surface area (Å²) in [6.07, 6.45) is 4.84. The summed E-state index contributed by atoms with van der Waals surface area (Å²) in [5.41, 5.74) is 0.525. The molecule has 0 radical (unpaired) electrons. The Morgan fingerprint density at radius 2 is 1.68 bits per heavy atom. The lowest BCUT2D eigenvalue weighted by Crippen LogP contribution is -2.52. The Labute approximate surface area is 190 Å². The van der Waals surface area contributed by atoms with E-state index in [9.17, 15) is 14.4 Å². The molecule has 1 aliphatic heterocycles. The molecule has 6 nitrogen and oxygen atoms in total. The minimum Gasteiger partial charge on any atom is -0.484 e. The van der Waals surface area contributed by atoms with Crippen LogP contribution < -0.4 is 9.64 Å². The van der Waals surface area contributed by atoms with Crippen LogP contribution >= 0.6 is 15.9 Å². The van der Waals surface area contributed by atoms with Gasteiger partial charge in [0.25, 0.3) is 11.8 Å². The lowest BCUT2D eigenvalue weighted by molar-refractivity contribution is -0.143. The summed E-state index contributed by atoms with van der Waals surface area (Å²) < 4.78 is 6.54. The van der Waals surface area contributed by atoms with E-state index >= 15 is 0 Å². The predicted octanol–water partition coefficient (Wildman–Crippen LogP) is 4.32. The molecule has 7 heteroatoms. The van der Waals surface area contributed by atoms with Crippen molar-refractivity contribution in [3.05, 3.63) is 59.1 Å². The summed E-state index contributed by atoms with van der Waals surface area (Å²) >= 11 is 3.37. The first-order valence-electron chi connectivity index (χ1n) is 10.7. The normalized spacial score (nSPS) is 19.5. The van der Waals surface area contributed by atoms with Crippen LogP contribution in [0.25, 0.3) is 0 Å². The Hall–Kier alpha value is -2.67. The number of para-hydroxylation sites is 1. The number of rotatable bonds is 6. The molecule has 1 aliphatic carbocycles. The fourth-order valence-electron chi connectivity index (χ4n) is 4.42. The van der Waals surface area contributed by atoms with E-state index in [4.69, 9.17) is 4.74 Å². The highest BCUT2D eigenvalue weighted by Crippen LogP contribution is 2.31. The summed E-state index contributed by atoms with van der Waals surface area (Å²) in [5, 5.41) is 0. The maximum atomic E-state index is 13.3. The standard InChI is InChI=1S/C24H25BrN2O4/c25-17-11-13-19(14-12-17)27-22(28)15-21(24(27)30)26(18-7-3-1-4-8-18)23(29)16-31-20-9-5-2-6-10-20/h2,5-6,9-14,18,21H,1,3-4,7-8,15-16H2. The number of benzene rings is 2. The van der Waals surface area contributed by atoms with Crippen LogP contribution in [0.15, 0.2) is 59.1 Å². The van der Waals surface area contributed by atoms with Crippen LogP contribution in [0.1, 0.15) is 38.5 Å². The van der Waals surface area contributed by atoms with Gasteiger partial charge in [-0.2, -0.15) is 0 Å². The maximum Gasteiger partial charge on any atom is 0.261 e. The van der Waals surface area contributed by atoms with Gasteiger partial charge in [-0.1, -0.05) is 53.4 Å². The number of nitrogens with zero attached hydrogens (tertiary/aromatic N) is 2. The number of hydrogen-bond acceptors (Lipinski definition) is 4. The quantitative estimate of drug-likeness (QED) is 0.572. The Morgan fingerprint density at radius 1 is 1.00 bits per heavy atom. The highest BCUT2D eigenvalue weighted by Gasteiger charge is 2.46. The molecule has 1 atom stereocenters. The fourth-order valence-corrected chi connectivity index (χ4v) is 4.69. The maximum absolute atomic E-state index is 13.3. The van der Waals surface area contributed by atoms with Gasteiger partial charge < -0.3 is 9.64 Å². The van der Waals surface area contributed by atoms with Gasteiger partial charge in [0.05, 0.1) is 12.1 Å². The molecule has 2 aliphatic rings. The van der Waals surface area contributed by atoms with Crippen LogP contribution in [0.2, 0.25) is 0 Å². The lowest BCUT2D eigenvalue weighted by atomic mass is 9.92. The molecule has 0 spiro atoms. The zero-order valence-electron chi connectivity index (χ0n) is 17.2. The van der Waals surface area contributed by atoms with Gasteiger partial charge in [-0.25, -0.2) is 4.90 Å². The van der Waals surface area contributed by atoms with Gasteiger partial charge in [0.1, 0.15) is 11.8 Å². The number of amides is 3. The van der Waals surface area contributed by atoms with Crippen molar-refractivity contribution in [1.82, 2.24) is 4.90 Å². The molecule has 0 bridgehead atoms. The van der Waals surface area contributed by atoms with Gasteiger partial charge in [-0.05, 0) is 49.2 Å².